The first kappa shape index (κ1) is 19.7. The Balaban J connectivity index is 1.43. The highest BCUT2D eigenvalue weighted by atomic mass is 16.5. The van der Waals surface area contributed by atoms with E-state index in [9.17, 15) is 9.59 Å². The smallest absolute Gasteiger partial charge is 0.407 e. The van der Waals surface area contributed by atoms with Crippen LogP contribution in [0.5, 0.6) is 0 Å². The zero-order chi connectivity index (χ0) is 21.3. The summed E-state index contributed by atoms with van der Waals surface area (Å²) in [5, 5.41) is 12.0. The molecule has 0 saturated carbocycles. The Kier molecular flexibility index (Phi) is 5.27. The van der Waals surface area contributed by atoms with Crippen LogP contribution in [0, 0.1) is 6.92 Å². The number of alkyl carbamates (subject to hydrolysis) is 1. The molecule has 3 aromatic rings. The Bertz CT molecular complexity index is 1080. The largest absolute Gasteiger partial charge is 0.478 e. The van der Waals surface area contributed by atoms with Crippen LogP contribution < -0.4 is 5.32 Å². The third-order valence-corrected chi connectivity index (χ3v) is 5.66. The predicted molar refractivity (Wildman–Crippen MR) is 115 cm³/mol. The molecule has 2 N–H and O–H groups in total. The van der Waals surface area contributed by atoms with E-state index in [1.54, 1.807) is 25.1 Å². The predicted octanol–water partition coefficient (Wildman–Crippen LogP) is 5.29. The summed E-state index contributed by atoms with van der Waals surface area (Å²) in [6.45, 7) is 3.84. The molecule has 0 unspecified atom stereocenters. The number of carbonyl (C=O) groups is 2. The number of carbonyl (C=O) groups excluding carboxylic acids is 1. The molecule has 0 aliphatic heterocycles. The number of nitrogens with one attached hydrogen (secondary N) is 1. The number of fused-ring (bicyclic) bond motifs is 3. The number of carboxylic acid groups (broad SMARTS) is 1. The van der Waals surface area contributed by atoms with Gasteiger partial charge in [-0.2, -0.15) is 0 Å². The maximum absolute atomic E-state index is 12.4. The van der Waals surface area contributed by atoms with Crippen molar-refractivity contribution in [1.29, 1.82) is 0 Å². The number of hydrogen-bond donors (Lipinski definition) is 2. The van der Waals surface area contributed by atoms with Crippen molar-refractivity contribution in [3.8, 4) is 11.1 Å². The highest BCUT2D eigenvalue weighted by Crippen LogP contribution is 2.44. The third kappa shape index (κ3) is 3.66. The van der Waals surface area contributed by atoms with Crippen molar-refractivity contribution >= 4 is 12.1 Å². The Hall–Kier alpha value is -3.60. The Morgan fingerprint density at radius 3 is 2.17 bits per heavy atom. The summed E-state index contributed by atoms with van der Waals surface area (Å²) in [5.74, 6) is -0.952. The molecule has 0 fully saturated rings. The molecule has 1 aliphatic rings. The molecule has 5 nitrogen and oxygen atoms in total. The van der Waals surface area contributed by atoms with Crippen LogP contribution in [0.25, 0.3) is 11.1 Å². The van der Waals surface area contributed by atoms with Gasteiger partial charge < -0.3 is 15.2 Å². The van der Waals surface area contributed by atoms with Crippen molar-refractivity contribution in [1.82, 2.24) is 5.32 Å². The number of hydrogen-bond acceptors (Lipinski definition) is 3. The zero-order valence-corrected chi connectivity index (χ0v) is 16.9. The number of aromatic carboxylic acids is 1. The number of ether oxygens (including phenoxy) is 1. The minimum absolute atomic E-state index is 0.00977. The summed E-state index contributed by atoms with van der Waals surface area (Å²) in [6.07, 6.45) is -0.496. The fraction of sp³-hybridized carbons (Fsp3) is 0.200. The molecule has 30 heavy (non-hydrogen) atoms. The average Bonchev–Trinajstić information content (AvgIpc) is 3.05. The van der Waals surface area contributed by atoms with Crippen molar-refractivity contribution in [2.75, 3.05) is 6.61 Å². The monoisotopic (exact) mass is 401 g/mol. The molecule has 1 aliphatic carbocycles. The van der Waals surface area contributed by atoms with Gasteiger partial charge in [0, 0.05) is 5.92 Å². The van der Waals surface area contributed by atoms with E-state index in [0.29, 0.717) is 5.56 Å². The second kappa shape index (κ2) is 8.03. The van der Waals surface area contributed by atoms with E-state index in [4.69, 9.17) is 9.84 Å². The Morgan fingerprint density at radius 2 is 1.60 bits per heavy atom. The molecule has 152 valence electrons. The maximum atomic E-state index is 12.4. The van der Waals surface area contributed by atoms with Crippen LogP contribution in [0.1, 0.15) is 51.5 Å². The van der Waals surface area contributed by atoms with E-state index in [1.165, 1.54) is 22.3 Å². The summed E-state index contributed by atoms with van der Waals surface area (Å²) in [4.78, 5) is 23.6. The summed E-state index contributed by atoms with van der Waals surface area (Å²) in [5.41, 5.74) is 6.44. The van der Waals surface area contributed by atoms with Crippen LogP contribution >= 0.6 is 0 Å². The Labute approximate surface area is 175 Å². The van der Waals surface area contributed by atoms with E-state index < -0.39 is 12.1 Å². The molecular formula is C25H23NO4. The first-order valence-electron chi connectivity index (χ1n) is 9.91. The van der Waals surface area contributed by atoms with Crippen LogP contribution in [0.4, 0.5) is 4.79 Å². The molecule has 0 spiro atoms. The first-order valence-corrected chi connectivity index (χ1v) is 9.91. The fourth-order valence-electron chi connectivity index (χ4n) is 4.10. The fourth-order valence-corrected chi connectivity index (χ4v) is 4.10. The number of rotatable bonds is 5. The molecule has 5 heteroatoms. The van der Waals surface area contributed by atoms with Gasteiger partial charge in [0.2, 0.25) is 0 Å². The van der Waals surface area contributed by atoms with E-state index in [-0.39, 0.29) is 24.1 Å². The molecule has 0 heterocycles. The maximum Gasteiger partial charge on any atom is 0.407 e. The molecule has 1 amide bonds. The van der Waals surface area contributed by atoms with Crippen molar-refractivity contribution in [3.05, 3.63) is 94.5 Å². The van der Waals surface area contributed by atoms with Gasteiger partial charge in [0.05, 0.1) is 11.6 Å². The quantitative estimate of drug-likeness (QED) is 0.609. The molecule has 3 aromatic carbocycles. The summed E-state index contributed by atoms with van der Waals surface area (Å²) in [7, 11) is 0. The second-order valence-electron chi connectivity index (χ2n) is 7.57. The summed E-state index contributed by atoms with van der Waals surface area (Å²) >= 11 is 0. The lowest BCUT2D eigenvalue weighted by atomic mass is 9.98. The minimum atomic E-state index is -0.962. The number of benzene rings is 3. The van der Waals surface area contributed by atoms with E-state index in [1.807, 2.05) is 31.2 Å². The number of carboxylic acids is 1. The lowest BCUT2D eigenvalue weighted by Crippen LogP contribution is -2.28. The van der Waals surface area contributed by atoms with Crippen LogP contribution in [0.2, 0.25) is 0 Å². The van der Waals surface area contributed by atoms with Crippen LogP contribution in [-0.4, -0.2) is 23.8 Å². The minimum Gasteiger partial charge on any atom is -0.478 e. The van der Waals surface area contributed by atoms with E-state index >= 15 is 0 Å². The topological polar surface area (TPSA) is 75.6 Å². The molecule has 0 bridgehead atoms. The standard InChI is InChI=1S/C25H23NO4/c1-15-13-17(11-12-18(15)24(27)28)16(2)26-25(29)30-14-23-21-9-5-3-7-19(21)20-8-4-6-10-22(20)23/h3-13,16,23H,14H2,1-2H3,(H,26,29)(H,27,28)/t16-/m1/s1. The average molecular weight is 401 g/mol. The van der Waals surface area contributed by atoms with E-state index in [0.717, 1.165) is 5.56 Å². The van der Waals surface area contributed by atoms with Crippen LogP contribution in [-0.2, 0) is 4.74 Å². The van der Waals surface area contributed by atoms with E-state index in [2.05, 4.69) is 29.6 Å². The first-order chi connectivity index (χ1) is 14.5. The van der Waals surface area contributed by atoms with Gasteiger partial charge in [0.15, 0.2) is 0 Å². The summed E-state index contributed by atoms with van der Waals surface area (Å²) < 4.78 is 5.58. The molecule has 0 saturated heterocycles. The Morgan fingerprint density at radius 1 is 1.00 bits per heavy atom. The van der Waals surface area contributed by atoms with Gasteiger partial charge in [-0.3, -0.25) is 0 Å². The molecular weight excluding hydrogens is 378 g/mol. The number of amides is 1. The van der Waals surface area contributed by atoms with Gasteiger partial charge >= 0.3 is 12.1 Å². The second-order valence-corrected chi connectivity index (χ2v) is 7.57. The highest BCUT2D eigenvalue weighted by molar-refractivity contribution is 5.89. The van der Waals surface area contributed by atoms with Crippen molar-refractivity contribution in [2.45, 2.75) is 25.8 Å². The van der Waals surface area contributed by atoms with Gasteiger partial charge in [-0.15, -0.1) is 0 Å². The van der Waals surface area contributed by atoms with Gasteiger partial charge in [-0.1, -0.05) is 60.7 Å². The highest BCUT2D eigenvalue weighted by Gasteiger charge is 2.29. The molecule has 4 rings (SSSR count). The third-order valence-electron chi connectivity index (χ3n) is 5.66. The lowest BCUT2D eigenvalue weighted by Gasteiger charge is -2.18. The SMILES string of the molecule is Cc1cc([C@@H](C)NC(=O)OCC2c3ccccc3-c3ccccc32)ccc1C(=O)O. The van der Waals surface area contributed by atoms with Crippen molar-refractivity contribution < 1.29 is 19.4 Å². The van der Waals surface area contributed by atoms with Gasteiger partial charge in [0.1, 0.15) is 6.61 Å². The van der Waals surface area contributed by atoms with Gasteiger partial charge in [-0.25, -0.2) is 9.59 Å². The summed E-state index contributed by atoms with van der Waals surface area (Å²) in [6, 6.07) is 21.1. The van der Waals surface area contributed by atoms with Crippen molar-refractivity contribution in [2.24, 2.45) is 0 Å². The van der Waals surface area contributed by atoms with Gasteiger partial charge in [-0.05, 0) is 53.3 Å². The van der Waals surface area contributed by atoms with Crippen molar-refractivity contribution in [3.63, 3.8) is 0 Å². The van der Waals surface area contributed by atoms with Crippen LogP contribution in [0.3, 0.4) is 0 Å². The molecule has 0 aromatic heterocycles. The number of aryl methyl sites for hydroxylation is 1. The molecule has 1 atom stereocenters. The van der Waals surface area contributed by atoms with Crippen LogP contribution in [0.15, 0.2) is 66.7 Å². The zero-order valence-electron chi connectivity index (χ0n) is 16.9. The normalized spacial score (nSPS) is 13.3. The lowest BCUT2D eigenvalue weighted by molar-refractivity contribution is 0.0696. The van der Waals surface area contributed by atoms with Gasteiger partial charge in [0.25, 0.3) is 0 Å². The molecule has 0 radical (unpaired) electrons.